The minimum absolute atomic E-state index is 0.322. The van der Waals surface area contributed by atoms with Crippen LogP contribution in [0.3, 0.4) is 0 Å². The molecule has 0 heterocycles. The summed E-state index contributed by atoms with van der Waals surface area (Å²) >= 11 is 0. The van der Waals surface area contributed by atoms with E-state index in [0.29, 0.717) is 16.5 Å². The molecule has 1 fully saturated rings. The van der Waals surface area contributed by atoms with Gasteiger partial charge in [0.15, 0.2) is 0 Å². The number of aryl methyl sites for hydroxylation is 1. The van der Waals surface area contributed by atoms with Crippen molar-refractivity contribution < 1.29 is 17.6 Å². The van der Waals surface area contributed by atoms with Crippen molar-refractivity contribution in [3.05, 3.63) is 71.5 Å². The molecule has 1 saturated carbocycles. The maximum absolute atomic E-state index is 15.2. The predicted molar refractivity (Wildman–Crippen MR) is 123 cm³/mol. The summed E-state index contributed by atoms with van der Waals surface area (Å²) in [6, 6.07) is 14.0. The lowest BCUT2D eigenvalue weighted by atomic mass is 9.78. The number of alkyl halides is 3. The maximum atomic E-state index is 15.2. The van der Waals surface area contributed by atoms with E-state index >= 15 is 4.39 Å². The van der Waals surface area contributed by atoms with Crippen molar-refractivity contribution in [1.29, 1.82) is 0 Å². The first-order chi connectivity index (χ1) is 15.3. The predicted octanol–water partition coefficient (Wildman–Crippen LogP) is 9.20. The van der Waals surface area contributed by atoms with E-state index in [0.717, 1.165) is 35.8 Å². The van der Waals surface area contributed by atoms with E-state index in [2.05, 4.69) is 13.0 Å². The van der Waals surface area contributed by atoms with E-state index in [1.165, 1.54) is 62.6 Å². The van der Waals surface area contributed by atoms with E-state index in [-0.39, 0.29) is 5.82 Å². The van der Waals surface area contributed by atoms with Crippen LogP contribution >= 0.6 is 0 Å². The SMILES string of the molecule is CCC[C@H]1CC[C@H](CCc2ccc3c(F)c(-c4ccc(C(F)(F)F)cc4)ccc3c2)CC1. The lowest BCUT2D eigenvalue weighted by Crippen LogP contribution is -2.15. The average molecular weight is 443 g/mol. The minimum Gasteiger partial charge on any atom is -0.206 e. The molecule has 0 unspecified atom stereocenters. The Morgan fingerprint density at radius 2 is 1.47 bits per heavy atom. The molecule has 4 rings (SSSR count). The molecule has 1 aliphatic carbocycles. The van der Waals surface area contributed by atoms with Crippen molar-refractivity contribution in [2.75, 3.05) is 0 Å². The number of rotatable bonds is 6. The van der Waals surface area contributed by atoms with Gasteiger partial charge in [-0.3, -0.25) is 0 Å². The van der Waals surface area contributed by atoms with E-state index in [1.807, 2.05) is 18.2 Å². The van der Waals surface area contributed by atoms with Gasteiger partial charge in [0.2, 0.25) is 0 Å². The highest BCUT2D eigenvalue weighted by molar-refractivity contribution is 5.88. The van der Waals surface area contributed by atoms with E-state index in [4.69, 9.17) is 0 Å². The Kier molecular flexibility index (Phi) is 6.88. The second-order valence-corrected chi connectivity index (χ2v) is 9.27. The number of halogens is 4. The van der Waals surface area contributed by atoms with E-state index < -0.39 is 11.7 Å². The van der Waals surface area contributed by atoms with Gasteiger partial charge in [0.1, 0.15) is 5.82 Å². The highest BCUT2D eigenvalue weighted by Crippen LogP contribution is 2.35. The van der Waals surface area contributed by atoms with Gasteiger partial charge in [0, 0.05) is 10.9 Å². The first-order valence-corrected chi connectivity index (χ1v) is 11.7. The first-order valence-electron chi connectivity index (χ1n) is 11.7. The summed E-state index contributed by atoms with van der Waals surface area (Å²) in [6.45, 7) is 2.27. The van der Waals surface area contributed by atoms with Crippen LogP contribution < -0.4 is 0 Å². The van der Waals surface area contributed by atoms with Crippen molar-refractivity contribution in [2.45, 2.75) is 64.5 Å². The molecule has 170 valence electrons. The quantitative estimate of drug-likeness (QED) is 0.334. The Balaban J connectivity index is 1.45. The normalized spacial score (nSPS) is 19.4. The Labute approximate surface area is 187 Å². The Morgan fingerprint density at radius 1 is 0.812 bits per heavy atom. The highest BCUT2D eigenvalue weighted by atomic mass is 19.4. The molecular weight excluding hydrogens is 412 g/mol. The topological polar surface area (TPSA) is 0 Å². The fourth-order valence-electron chi connectivity index (χ4n) is 5.15. The van der Waals surface area contributed by atoms with Crippen LogP contribution in [0.25, 0.3) is 21.9 Å². The third-order valence-electron chi connectivity index (χ3n) is 7.05. The largest absolute Gasteiger partial charge is 0.416 e. The lowest BCUT2D eigenvalue weighted by Gasteiger charge is -2.28. The van der Waals surface area contributed by atoms with Crippen molar-refractivity contribution in [3.8, 4) is 11.1 Å². The van der Waals surface area contributed by atoms with Crippen molar-refractivity contribution in [1.82, 2.24) is 0 Å². The number of benzene rings is 3. The number of hydrogen-bond donors (Lipinski definition) is 0. The zero-order valence-electron chi connectivity index (χ0n) is 18.5. The van der Waals surface area contributed by atoms with Gasteiger partial charge in [-0.2, -0.15) is 13.2 Å². The molecule has 3 aromatic carbocycles. The second-order valence-electron chi connectivity index (χ2n) is 9.27. The summed E-state index contributed by atoms with van der Waals surface area (Å²) in [5, 5.41) is 1.34. The molecule has 0 radical (unpaired) electrons. The van der Waals surface area contributed by atoms with Gasteiger partial charge in [-0.1, -0.05) is 87.9 Å². The van der Waals surface area contributed by atoms with Crippen LogP contribution in [0.2, 0.25) is 0 Å². The summed E-state index contributed by atoms with van der Waals surface area (Å²) in [5.74, 6) is 1.32. The molecule has 0 atom stereocenters. The standard InChI is InChI=1S/C28H30F4/c1-2-3-19-4-6-20(7-5-19)8-9-21-10-16-26-23(18-21)13-17-25(27(26)29)22-11-14-24(15-12-22)28(30,31)32/h10-20H,2-9H2,1H3/t19-,20-. The average Bonchev–Trinajstić information content (AvgIpc) is 2.78. The van der Waals surface area contributed by atoms with Gasteiger partial charge < -0.3 is 0 Å². The Bertz CT molecular complexity index is 1040. The molecule has 0 aromatic heterocycles. The zero-order chi connectivity index (χ0) is 22.7. The number of fused-ring (bicyclic) bond motifs is 1. The van der Waals surface area contributed by atoms with Crippen molar-refractivity contribution >= 4 is 10.8 Å². The Morgan fingerprint density at radius 3 is 2.09 bits per heavy atom. The number of hydrogen-bond acceptors (Lipinski definition) is 0. The van der Waals surface area contributed by atoms with Gasteiger partial charge in [0.25, 0.3) is 0 Å². The zero-order valence-corrected chi connectivity index (χ0v) is 18.5. The van der Waals surface area contributed by atoms with E-state index in [9.17, 15) is 13.2 Å². The molecule has 0 bridgehead atoms. The maximum Gasteiger partial charge on any atom is 0.416 e. The van der Waals surface area contributed by atoms with Crippen molar-refractivity contribution in [2.24, 2.45) is 11.8 Å². The molecule has 0 spiro atoms. The van der Waals surface area contributed by atoms with Crippen LogP contribution in [0.4, 0.5) is 17.6 Å². The summed E-state index contributed by atoms with van der Waals surface area (Å²) < 4.78 is 53.6. The third kappa shape index (κ3) is 5.16. The fraction of sp³-hybridized carbons (Fsp3) is 0.429. The summed E-state index contributed by atoms with van der Waals surface area (Å²) in [6.07, 6.45) is 5.78. The Hall–Kier alpha value is -2.36. The lowest BCUT2D eigenvalue weighted by molar-refractivity contribution is -0.137. The van der Waals surface area contributed by atoms with Crippen LogP contribution in [-0.2, 0) is 12.6 Å². The summed E-state index contributed by atoms with van der Waals surface area (Å²) in [7, 11) is 0. The highest BCUT2D eigenvalue weighted by Gasteiger charge is 2.30. The smallest absolute Gasteiger partial charge is 0.206 e. The molecule has 0 saturated heterocycles. The minimum atomic E-state index is -4.40. The molecule has 0 N–H and O–H groups in total. The third-order valence-corrected chi connectivity index (χ3v) is 7.05. The molecule has 1 aliphatic rings. The van der Waals surface area contributed by atoms with Crippen LogP contribution in [-0.4, -0.2) is 0 Å². The van der Waals surface area contributed by atoms with Crippen LogP contribution in [0, 0.1) is 17.7 Å². The van der Waals surface area contributed by atoms with Gasteiger partial charge in [-0.05, 0) is 53.3 Å². The summed E-state index contributed by atoms with van der Waals surface area (Å²) in [4.78, 5) is 0. The molecular formula is C28H30F4. The molecule has 4 heteroatoms. The molecule has 0 nitrogen and oxygen atoms in total. The molecule has 0 amide bonds. The molecule has 32 heavy (non-hydrogen) atoms. The van der Waals surface area contributed by atoms with Crippen LogP contribution in [0.15, 0.2) is 54.6 Å². The molecule has 3 aromatic rings. The van der Waals surface area contributed by atoms with Crippen LogP contribution in [0.5, 0.6) is 0 Å². The van der Waals surface area contributed by atoms with Gasteiger partial charge >= 0.3 is 6.18 Å². The molecule has 0 aliphatic heterocycles. The van der Waals surface area contributed by atoms with Gasteiger partial charge in [-0.25, -0.2) is 4.39 Å². The summed E-state index contributed by atoms with van der Waals surface area (Å²) in [5.41, 5.74) is 1.25. The monoisotopic (exact) mass is 442 g/mol. The van der Waals surface area contributed by atoms with Crippen LogP contribution in [0.1, 0.15) is 63.0 Å². The van der Waals surface area contributed by atoms with E-state index in [1.54, 1.807) is 6.07 Å². The first kappa shape index (κ1) is 22.8. The second kappa shape index (κ2) is 9.64. The van der Waals surface area contributed by atoms with Gasteiger partial charge in [-0.15, -0.1) is 0 Å². The van der Waals surface area contributed by atoms with Gasteiger partial charge in [0.05, 0.1) is 5.56 Å². The fourth-order valence-corrected chi connectivity index (χ4v) is 5.15. The van der Waals surface area contributed by atoms with Crippen molar-refractivity contribution in [3.63, 3.8) is 0 Å².